The van der Waals surface area contributed by atoms with E-state index in [1.165, 1.54) is 0 Å². The van der Waals surface area contributed by atoms with Gasteiger partial charge in [0.25, 0.3) is 0 Å². The van der Waals surface area contributed by atoms with Gasteiger partial charge in [-0.15, -0.1) is 10.2 Å². The highest BCUT2D eigenvalue weighted by molar-refractivity contribution is 5.88. The molecular formula is C19H17FN4O. The van der Waals surface area contributed by atoms with Gasteiger partial charge < -0.3 is 5.11 Å². The number of aromatic nitrogens is 4. The van der Waals surface area contributed by atoms with E-state index in [1.807, 2.05) is 6.07 Å². The van der Waals surface area contributed by atoms with Crippen molar-refractivity contribution in [1.82, 2.24) is 20.2 Å². The van der Waals surface area contributed by atoms with Crippen molar-refractivity contribution in [2.45, 2.75) is 25.4 Å². The number of phenols is 1. The van der Waals surface area contributed by atoms with Crippen LogP contribution in [0, 0.1) is 5.92 Å². The highest BCUT2D eigenvalue weighted by Crippen LogP contribution is 2.37. The lowest BCUT2D eigenvalue weighted by atomic mass is 9.95. The van der Waals surface area contributed by atoms with Crippen LogP contribution in [0.5, 0.6) is 5.75 Å². The Morgan fingerprint density at radius 1 is 1.16 bits per heavy atom. The number of fused-ring (bicyclic) bond motifs is 1. The molecule has 2 atom stereocenters. The molecule has 25 heavy (non-hydrogen) atoms. The lowest BCUT2D eigenvalue weighted by Crippen LogP contribution is -2.11. The highest BCUT2D eigenvalue weighted by atomic mass is 19.1. The van der Waals surface area contributed by atoms with Crippen molar-refractivity contribution in [3.05, 3.63) is 49.1 Å². The fraction of sp³-hybridized carbons (Fsp3) is 0.263. The maximum atomic E-state index is 13.9. The third kappa shape index (κ3) is 2.84. The molecule has 4 rings (SSSR count). The maximum Gasteiger partial charge on any atom is 0.185 e. The van der Waals surface area contributed by atoms with Gasteiger partial charge in [-0.2, -0.15) is 0 Å². The van der Waals surface area contributed by atoms with E-state index in [2.05, 4.69) is 26.7 Å². The number of rotatable bonds is 3. The Bertz CT molecular complexity index is 942. The van der Waals surface area contributed by atoms with Gasteiger partial charge in [0.2, 0.25) is 0 Å². The number of halogens is 1. The van der Waals surface area contributed by atoms with E-state index in [0.717, 1.165) is 23.6 Å². The molecule has 2 heterocycles. The number of hydrogen-bond acceptors (Lipinski definition) is 5. The van der Waals surface area contributed by atoms with Crippen molar-refractivity contribution >= 4 is 16.3 Å². The Morgan fingerprint density at radius 3 is 2.76 bits per heavy atom. The van der Waals surface area contributed by atoms with Gasteiger partial charge in [0.1, 0.15) is 17.6 Å². The predicted molar refractivity (Wildman–Crippen MR) is 93.5 cm³/mol. The fourth-order valence-electron chi connectivity index (χ4n) is 3.35. The van der Waals surface area contributed by atoms with Crippen molar-refractivity contribution in [3.63, 3.8) is 0 Å². The van der Waals surface area contributed by atoms with Gasteiger partial charge in [-0.25, -0.2) is 9.37 Å². The topological polar surface area (TPSA) is 71.8 Å². The number of pyridine rings is 1. The minimum absolute atomic E-state index is 0.0634. The molecule has 1 aliphatic carbocycles. The van der Waals surface area contributed by atoms with Crippen molar-refractivity contribution in [2.75, 3.05) is 0 Å². The van der Waals surface area contributed by atoms with Gasteiger partial charge in [-0.1, -0.05) is 6.58 Å². The largest absolute Gasteiger partial charge is 0.507 e. The molecule has 0 aliphatic heterocycles. The van der Waals surface area contributed by atoms with E-state index >= 15 is 0 Å². The van der Waals surface area contributed by atoms with Gasteiger partial charge in [0, 0.05) is 23.7 Å². The summed E-state index contributed by atoms with van der Waals surface area (Å²) in [6, 6.07) is 5.27. The summed E-state index contributed by atoms with van der Waals surface area (Å²) in [6.07, 6.45) is 6.26. The number of phenolic OH excluding ortho intramolecular Hbond substituents is 1. The second kappa shape index (κ2) is 6.20. The molecule has 3 aromatic rings. The molecule has 1 N–H and O–H groups in total. The lowest BCUT2D eigenvalue weighted by Gasteiger charge is -2.14. The predicted octanol–water partition coefficient (Wildman–Crippen LogP) is 3.94. The van der Waals surface area contributed by atoms with Crippen LogP contribution >= 0.6 is 0 Å². The molecule has 1 fully saturated rings. The number of aromatic hydroxyl groups is 1. The summed E-state index contributed by atoms with van der Waals surface area (Å²) in [6.45, 7) is 3.98. The van der Waals surface area contributed by atoms with E-state index in [4.69, 9.17) is 0 Å². The summed E-state index contributed by atoms with van der Waals surface area (Å²) >= 11 is 0. The minimum atomic E-state index is -0.868. The van der Waals surface area contributed by atoms with Crippen LogP contribution in [-0.4, -0.2) is 31.4 Å². The molecule has 1 aromatic carbocycles. The first-order valence-corrected chi connectivity index (χ1v) is 8.23. The summed E-state index contributed by atoms with van der Waals surface area (Å²) in [7, 11) is 0. The molecule has 1 aliphatic rings. The van der Waals surface area contributed by atoms with E-state index in [0.29, 0.717) is 29.1 Å². The zero-order valence-electron chi connectivity index (χ0n) is 13.6. The van der Waals surface area contributed by atoms with E-state index in [9.17, 15) is 9.50 Å². The zero-order valence-corrected chi connectivity index (χ0v) is 13.6. The van der Waals surface area contributed by atoms with Crippen LogP contribution in [0.25, 0.3) is 27.7 Å². The Labute approximate surface area is 144 Å². The molecule has 0 amide bonds. The molecule has 0 saturated heterocycles. The summed E-state index contributed by atoms with van der Waals surface area (Å²) in [5.74, 6) is 0.174. The molecular weight excluding hydrogens is 319 g/mol. The van der Waals surface area contributed by atoms with Crippen LogP contribution in [-0.2, 0) is 0 Å². The molecule has 126 valence electrons. The quantitative estimate of drug-likeness (QED) is 0.784. The second-order valence-corrected chi connectivity index (χ2v) is 6.34. The monoisotopic (exact) mass is 336 g/mol. The Morgan fingerprint density at radius 2 is 2.04 bits per heavy atom. The van der Waals surface area contributed by atoms with Crippen molar-refractivity contribution in [1.29, 1.82) is 0 Å². The fourth-order valence-corrected chi connectivity index (χ4v) is 3.35. The van der Waals surface area contributed by atoms with E-state index in [1.54, 1.807) is 30.7 Å². The molecule has 0 spiro atoms. The van der Waals surface area contributed by atoms with Gasteiger partial charge in [0.15, 0.2) is 5.82 Å². The van der Waals surface area contributed by atoms with Gasteiger partial charge in [-0.05, 0) is 48.4 Å². The van der Waals surface area contributed by atoms with Crippen molar-refractivity contribution < 1.29 is 9.50 Å². The first kappa shape index (κ1) is 15.6. The third-order valence-corrected chi connectivity index (χ3v) is 4.77. The SMILES string of the molecule is C=C(c1cnc(-c2cc3ccncc3cc2O)nn1)[C@H]1CCC[C@@H]1F. The molecule has 5 nitrogen and oxygen atoms in total. The average molecular weight is 336 g/mol. The van der Waals surface area contributed by atoms with E-state index < -0.39 is 6.17 Å². The first-order chi connectivity index (χ1) is 12.1. The van der Waals surface area contributed by atoms with Crippen LogP contribution in [0.15, 0.2) is 43.4 Å². The van der Waals surface area contributed by atoms with Crippen LogP contribution in [0.4, 0.5) is 4.39 Å². The third-order valence-electron chi connectivity index (χ3n) is 4.77. The molecule has 1 saturated carbocycles. The van der Waals surface area contributed by atoms with Gasteiger partial charge in [-0.3, -0.25) is 4.98 Å². The summed E-state index contributed by atoms with van der Waals surface area (Å²) < 4.78 is 13.9. The summed E-state index contributed by atoms with van der Waals surface area (Å²) in [4.78, 5) is 8.34. The van der Waals surface area contributed by atoms with E-state index in [-0.39, 0.29) is 11.7 Å². The van der Waals surface area contributed by atoms with Gasteiger partial charge >= 0.3 is 0 Å². The number of alkyl halides is 1. The number of benzene rings is 1. The van der Waals surface area contributed by atoms with Crippen LogP contribution < -0.4 is 0 Å². The second-order valence-electron chi connectivity index (χ2n) is 6.34. The molecule has 0 radical (unpaired) electrons. The molecule has 0 bridgehead atoms. The number of hydrogen-bond donors (Lipinski definition) is 1. The Hall–Kier alpha value is -2.89. The van der Waals surface area contributed by atoms with Crippen LogP contribution in [0.2, 0.25) is 0 Å². The zero-order chi connectivity index (χ0) is 17.4. The molecule has 6 heteroatoms. The first-order valence-electron chi connectivity index (χ1n) is 8.23. The minimum Gasteiger partial charge on any atom is -0.507 e. The standard InChI is InChI=1S/C19H17FN4O/c1-11(14-3-2-4-16(14)20)17-10-22-19(24-23-17)15-7-12-5-6-21-9-13(12)8-18(15)25/h5-10,14,16,25H,1-4H2/t14-,16+/m1/s1. The normalized spacial score (nSPS) is 20.0. The maximum absolute atomic E-state index is 13.9. The summed E-state index contributed by atoms with van der Waals surface area (Å²) in [5, 5.41) is 20.3. The summed E-state index contributed by atoms with van der Waals surface area (Å²) in [5.41, 5.74) is 1.64. The van der Waals surface area contributed by atoms with Crippen molar-refractivity contribution in [3.8, 4) is 17.1 Å². The highest BCUT2D eigenvalue weighted by Gasteiger charge is 2.30. The van der Waals surface area contributed by atoms with Crippen LogP contribution in [0.1, 0.15) is 25.0 Å². The Kier molecular flexibility index (Phi) is 3.87. The lowest BCUT2D eigenvalue weighted by molar-refractivity contribution is 0.303. The van der Waals surface area contributed by atoms with Gasteiger partial charge in [0.05, 0.1) is 11.8 Å². The van der Waals surface area contributed by atoms with Crippen LogP contribution in [0.3, 0.4) is 0 Å². The number of nitrogens with zero attached hydrogens (tertiary/aromatic N) is 4. The molecule has 0 unspecified atom stereocenters. The Balaban J connectivity index is 1.66. The molecule has 2 aromatic heterocycles. The van der Waals surface area contributed by atoms with Crippen molar-refractivity contribution in [2.24, 2.45) is 5.92 Å². The smallest absolute Gasteiger partial charge is 0.185 e. The average Bonchev–Trinajstić information content (AvgIpc) is 3.06. The number of allylic oxidation sites excluding steroid dienone is 1.